The maximum atomic E-state index is 11.9. The van der Waals surface area contributed by atoms with E-state index in [0.29, 0.717) is 16.7 Å². The lowest BCUT2D eigenvalue weighted by Crippen LogP contribution is -2.20. The van der Waals surface area contributed by atoms with E-state index in [1.807, 2.05) is 0 Å². The number of nitro groups is 1. The topological polar surface area (TPSA) is 70.1 Å². The van der Waals surface area contributed by atoms with Gasteiger partial charge in [-0.3, -0.25) is 19.2 Å². The Hall–Kier alpha value is -2.37. The highest BCUT2D eigenvalue weighted by atomic mass is 16.6. The summed E-state index contributed by atoms with van der Waals surface area (Å²) in [7, 11) is 1.58. The van der Waals surface area contributed by atoms with Gasteiger partial charge in [-0.15, -0.1) is 0 Å². The summed E-state index contributed by atoms with van der Waals surface area (Å²) in [6.07, 6.45) is 0. The van der Waals surface area contributed by atoms with Crippen LogP contribution >= 0.6 is 0 Å². The van der Waals surface area contributed by atoms with E-state index in [4.69, 9.17) is 0 Å². The van der Waals surface area contributed by atoms with Crippen molar-refractivity contribution in [2.24, 2.45) is 7.05 Å². The van der Waals surface area contributed by atoms with Gasteiger partial charge in [0.05, 0.1) is 16.0 Å². The van der Waals surface area contributed by atoms with Crippen LogP contribution < -0.4 is 5.69 Å². The average molecular weight is 233 g/mol. The van der Waals surface area contributed by atoms with Crippen LogP contribution in [0.25, 0.3) is 16.7 Å². The molecule has 88 valence electrons. The fourth-order valence-corrected chi connectivity index (χ4v) is 1.81. The molecular weight excluding hydrogens is 222 g/mol. The number of non-ortho nitro benzene ring substituents is 1. The number of allylic oxidation sites excluding steroid dienone is 1. The highest BCUT2D eigenvalue weighted by Gasteiger charge is 2.14. The first-order valence-corrected chi connectivity index (χ1v) is 4.95. The minimum Gasteiger partial charge on any atom is -0.294 e. The molecule has 0 fully saturated rings. The summed E-state index contributed by atoms with van der Waals surface area (Å²) in [6.45, 7) is 5.43. The third-order valence-electron chi connectivity index (χ3n) is 2.63. The van der Waals surface area contributed by atoms with E-state index in [2.05, 4.69) is 6.58 Å². The normalized spacial score (nSPS) is 10.7. The molecule has 0 aliphatic heterocycles. The van der Waals surface area contributed by atoms with Crippen LogP contribution in [0.5, 0.6) is 0 Å². The van der Waals surface area contributed by atoms with E-state index in [1.165, 1.54) is 21.3 Å². The molecule has 6 heteroatoms. The van der Waals surface area contributed by atoms with Crippen LogP contribution in [0, 0.1) is 10.1 Å². The minimum absolute atomic E-state index is 0.0352. The fraction of sp³-hybridized carbons (Fsp3) is 0.182. The number of hydrogen-bond acceptors (Lipinski definition) is 3. The van der Waals surface area contributed by atoms with Gasteiger partial charge in [-0.1, -0.05) is 6.58 Å². The Morgan fingerprint density at radius 2 is 2.06 bits per heavy atom. The van der Waals surface area contributed by atoms with Crippen LogP contribution in [0.15, 0.2) is 29.6 Å². The summed E-state index contributed by atoms with van der Waals surface area (Å²) in [6, 6.07) is 4.32. The smallest absolute Gasteiger partial charge is 0.294 e. The summed E-state index contributed by atoms with van der Waals surface area (Å²) < 4.78 is 2.80. The van der Waals surface area contributed by atoms with E-state index in [-0.39, 0.29) is 11.4 Å². The van der Waals surface area contributed by atoms with Crippen molar-refractivity contribution in [1.82, 2.24) is 9.13 Å². The van der Waals surface area contributed by atoms with Crippen molar-refractivity contribution < 1.29 is 4.92 Å². The second-order valence-corrected chi connectivity index (χ2v) is 3.84. The number of rotatable bonds is 2. The van der Waals surface area contributed by atoms with E-state index in [0.717, 1.165) is 0 Å². The molecule has 0 spiro atoms. The maximum Gasteiger partial charge on any atom is 0.333 e. The Balaban J connectivity index is 2.90. The molecule has 0 N–H and O–H groups in total. The fourth-order valence-electron chi connectivity index (χ4n) is 1.81. The highest BCUT2D eigenvalue weighted by Crippen LogP contribution is 2.21. The minimum atomic E-state index is -0.484. The predicted molar refractivity (Wildman–Crippen MR) is 64.8 cm³/mol. The lowest BCUT2D eigenvalue weighted by Gasteiger charge is -1.99. The van der Waals surface area contributed by atoms with Gasteiger partial charge in [-0.05, 0) is 13.0 Å². The van der Waals surface area contributed by atoms with Crippen LogP contribution in [0.4, 0.5) is 5.69 Å². The largest absolute Gasteiger partial charge is 0.333 e. The highest BCUT2D eigenvalue weighted by molar-refractivity contribution is 5.81. The van der Waals surface area contributed by atoms with Gasteiger partial charge in [0.25, 0.3) is 5.69 Å². The molecule has 0 atom stereocenters. The van der Waals surface area contributed by atoms with Crippen LogP contribution in [-0.4, -0.2) is 14.1 Å². The first-order valence-electron chi connectivity index (χ1n) is 4.95. The molecule has 0 saturated heterocycles. The Morgan fingerprint density at radius 3 is 2.59 bits per heavy atom. The van der Waals surface area contributed by atoms with Crippen molar-refractivity contribution in [3.63, 3.8) is 0 Å². The first kappa shape index (κ1) is 11.1. The summed E-state index contributed by atoms with van der Waals surface area (Å²) >= 11 is 0. The average Bonchev–Trinajstić information content (AvgIpc) is 2.51. The van der Waals surface area contributed by atoms with Gasteiger partial charge in [-0.25, -0.2) is 4.79 Å². The summed E-state index contributed by atoms with van der Waals surface area (Å²) in [5.74, 6) is 0. The van der Waals surface area contributed by atoms with Gasteiger partial charge in [0.1, 0.15) is 0 Å². The molecular formula is C11H11N3O3. The van der Waals surface area contributed by atoms with Crippen molar-refractivity contribution >= 4 is 22.4 Å². The number of imidazole rings is 1. The van der Waals surface area contributed by atoms with Crippen molar-refractivity contribution in [3.05, 3.63) is 45.4 Å². The van der Waals surface area contributed by atoms with E-state index < -0.39 is 4.92 Å². The number of fused-ring (bicyclic) bond motifs is 1. The lowest BCUT2D eigenvalue weighted by molar-refractivity contribution is -0.384. The molecule has 0 bridgehead atoms. The van der Waals surface area contributed by atoms with Gasteiger partial charge in [0.2, 0.25) is 0 Å². The number of nitro benzene ring substituents is 1. The first-order chi connectivity index (χ1) is 7.93. The molecule has 6 nitrogen and oxygen atoms in total. The Labute approximate surface area is 96.5 Å². The zero-order valence-corrected chi connectivity index (χ0v) is 9.51. The van der Waals surface area contributed by atoms with Gasteiger partial charge < -0.3 is 0 Å². The summed E-state index contributed by atoms with van der Waals surface area (Å²) in [5, 5.41) is 10.7. The number of aromatic nitrogens is 2. The molecule has 0 aliphatic rings. The quantitative estimate of drug-likeness (QED) is 0.586. The van der Waals surface area contributed by atoms with Crippen LogP contribution in [0.1, 0.15) is 6.92 Å². The zero-order valence-electron chi connectivity index (χ0n) is 9.51. The number of aryl methyl sites for hydroxylation is 1. The Bertz CT molecular complexity index is 694. The second-order valence-electron chi connectivity index (χ2n) is 3.84. The second kappa shape index (κ2) is 3.58. The van der Waals surface area contributed by atoms with Crippen molar-refractivity contribution in [2.45, 2.75) is 6.92 Å². The molecule has 0 saturated carbocycles. The standard InChI is InChI=1S/C11H11N3O3/c1-7(2)13-9-5-4-8(14(16)17)6-10(9)12(3)11(13)15/h4-6H,1H2,2-3H3. The summed E-state index contributed by atoms with van der Waals surface area (Å²) in [5.41, 5.74) is 1.43. The molecule has 1 aromatic heterocycles. The number of hydrogen-bond donors (Lipinski definition) is 0. The maximum absolute atomic E-state index is 11.9. The SMILES string of the molecule is C=C(C)n1c(=O)n(C)c2cc([N+](=O)[O-])ccc21. The Kier molecular flexibility index (Phi) is 2.35. The van der Waals surface area contributed by atoms with Gasteiger partial charge in [0.15, 0.2) is 0 Å². The molecule has 0 aliphatic carbocycles. The molecule has 1 heterocycles. The molecule has 2 rings (SSSR count). The van der Waals surface area contributed by atoms with Crippen molar-refractivity contribution in [1.29, 1.82) is 0 Å². The van der Waals surface area contributed by atoms with Crippen LogP contribution in [0.3, 0.4) is 0 Å². The van der Waals surface area contributed by atoms with Gasteiger partial charge in [-0.2, -0.15) is 0 Å². The Morgan fingerprint density at radius 1 is 1.41 bits per heavy atom. The molecule has 17 heavy (non-hydrogen) atoms. The van der Waals surface area contributed by atoms with Crippen LogP contribution in [0.2, 0.25) is 0 Å². The van der Waals surface area contributed by atoms with E-state index in [1.54, 1.807) is 20.0 Å². The lowest BCUT2D eigenvalue weighted by atomic mass is 10.2. The molecule has 0 unspecified atom stereocenters. The predicted octanol–water partition coefficient (Wildman–Crippen LogP) is 1.74. The third-order valence-corrected chi connectivity index (χ3v) is 2.63. The van der Waals surface area contributed by atoms with Gasteiger partial charge >= 0.3 is 5.69 Å². The van der Waals surface area contributed by atoms with Gasteiger partial charge in [0, 0.05) is 24.9 Å². The zero-order chi connectivity index (χ0) is 12.7. The van der Waals surface area contributed by atoms with E-state index >= 15 is 0 Å². The molecule has 1 aromatic carbocycles. The monoisotopic (exact) mass is 233 g/mol. The van der Waals surface area contributed by atoms with Crippen molar-refractivity contribution in [2.75, 3.05) is 0 Å². The van der Waals surface area contributed by atoms with E-state index in [9.17, 15) is 14.9 Å². The van der Waals surface area contributed by atoms with Crippen LogP contribution in [-0.2, 0) is 7.05 Å². The van der Waals surface area contributed by atoms with Crippen molar-refractivity contribution in [3.8, 4) is 0 Å². The molecule has 0 amide bonds. The number of benzene rings is 1. The number of nitrogens with zero attached hydrogens (tertiary/aromatic N) is 3. The molecule has 0 radical (unpaired) electrons. The summed E-state index contributed by atoms with van der Waals surface area (Å²) in [4.78, 5) is 22.1. The third kappa shape index (κ3) is 1.54. The molecule has 2 aromatic rings.